The van der Waals surface area contributed by atoms with Gasteiger partial charge in [0.05, 0.1) is 10.9 Å². The number of amides is 1. The van der Waals surface area contributed by atoms with Crippen molar-refractivity contribution in [1.29, 1.82) is 0 Å². The fourth-order valence-electron chi connectivity index (χ4n) is 3.59. The number of carbonyl (C=O) groups is 1. The third kappa shape index (κ3) is 5.00. The summed E-state index contributed by atoms with van der Waals surface area (Å²) in [6.07, 6.45) is 3.83. The first-order chi connectivity index (χ1) is 13.4. The average molecular weight is 401 g/mol. The monoisotopic (exact) mass is 400 g/mol. The van der Waals surface area contributed by atoms with Crippen molar-refractivity contribution in [3.05, 3.63) is 64.7 Å². The molecule has 0 spiro atoms. The van der Waals surface area contributed by atoms with Crippen LogP contribution in [0.5, 0.6) is 0 Å². The lowest BCUT2D eigenvalue weighted by Gasteiger charge is -2.26. The van der Waals surface area contributed by atoms with Crippen LogP contribution in [0.25, 0.3) is 0 Å². The third-order valence-electron chi connectivity index (χ3n) is 5.37. The Morgan fingerprint density at radius 2 is 1.89 bits per heavy atom. The molecule has 0 aliphatic heterocycles. The van der Waals surface area contributed by atoms with Gasteiger partial charge in [0, 0.05) is 13.0 Å². The van der Waals surface area contributed by atoms with Gasteiger partial charge in [-0.15, -0.1) is 0 Å². The lowest BCUT2D eigenvalue weighted by molar-refractivity contribution is -0.122. The molecule has 0 heterocycles. The summed E-state index contributed by atoms with van der Waals surface area (Å²) >= 11 is 0. The molecule has 0 aromatic heterocycles. The Morgan fingerprint density at radius 1 is 1.11 bits per heavy atom. The zero-order valence-corrected chi connectivity index (χ0v) is 17.3. The van der Waals surface area contributed by atoms with E-state index in [4.69, 9.17) is 0 Å². The molecule has 1 atom stereocenters. The van der Waals surface area contributed by atoms with Gasteiger partial charge in [-0.05, 0) is 73.9 Å². The lowest BCUT2D eigenvalue weighted by Crippen LogP contribution is -2.32. The Kier molecular flexibility index (Phi) is 6.52. The van der Waals surface area contributed by atoms with Crippen LogP contribution in [0.3, 0.4) is 0 Å². The minimum Gasteiger partial charge on any atom is -0.349 e. The van der Waals surface area contributed by atoms with Crippen LogP contribution in [-0.4, -0.2) is 20.9 Å². The van der Waals surface area contributed by atoms with Gasteiger partial charge in [-0.1, -0.05) is 30.3 Å². The number of fused-ring (bicyclic) bond motifs is 1. The largest absolute Gasteiger partial charge is 0.349 e. The average Bonchev–Trinajstić information content (AvgIpc) is 2.67. The van der Waals surface area contributed by atoms with Crippen LogP contribution in [-0.2, 0) is 21.2 Å². The molecule has 2 aromatic rings. The van der Waals surface area contributed by atoms with Gasteiger partial charge in [0.25, 0.3) is 0 Å². The summed E-state index contributed by atoms with van der Waals surface area (Å²) in [5, 5.41) is 3.10. The highest BCUT2D eigenvalue weighted by molar-refractivity contribution is 7.89. The molecule has 0 unspecified atom stereocenters. The standard InChI is InChI=1S/C22H28N2O3S/c1-16-12-13-19(15-17(16)2)28(26,27)23-14-6-11-22(25)24-21-10-5-8-18-7-3-4-9-20(18)21/h3-4,7,9,12-13,15,21,23H,5-6,8,10-11,14H2,1-2H3,(H,24,25)/t21-/m0/s1. The number of hydrogen-bond acceptors (Lipinski definition) is 3. The summed E-state index contributed by atoms with van der Waals surface area (Å²) in [6, 6.07) is 13.4. The molecule has 0 radical (unpaired) electrons. The maximum absolute atomic E-state index is 12.4. The molecule has 1 amide bonds. The highest BCUT2D eigenvalue weighted by atomic mass is 32.2. The summed E-state index contributed by atoms with van der Waals surface area (Å²) < 4.78 is 27.4. The quantitative estimate of drug-likeness (QED) is 0.698. The first-order valence-electron chi connectivity index (χ1n) is 9.81. The summed E-state index contributed by atoms with van der Waals surface area (Å²) in [5.74, 6) is -0.0351. The van der Waals surface area contributed by atoms with Crippen LogP contribution in [0.2, 0.25) is 0 Å². The van der Waals surface area contributed by atoms with E-state index in [1.807, 2.05) is 26.0 Å². The molecule has 3 rings (SSSR count). The van der Waals surface area contributed by atoms with Gasteiger partial charge in [-0.2, -0.15) is 0 Å². The second-order valence-corrected chi connectivity index (χ2v) is 9.23. The van der Waals surface area contributed by atoms with E-state index in [1.165, 1.54) is 11.1 Å². The van der Waals surface area contributed by atoms with E-state index < -0.39 is 10.0 Å². The normalized spacial score (nSPS) is 16.4. The molecule has 2 aromatic carbocycles. The van der Waals surface area contributed by atoms with Crippen molar-refractivity contribution in [1.82, 2.24) is 10.0 Å². The zero-order valence-electron chi connectivity index (χ0n) is 16.5. The van der Waals surface area contributed by atoms with E-state index in [1.54, 1.807) is 18.2 Å². The second-order valence-electron chi connectivity index (χ2n) is 7.46. The van der Waals surface area contributed by atoms with Crippen LogP contribution < -0.4 is 10.0 Å². The van der Waals surface area contributed by atoms with Crippen LogP contribution in [0.1, 0.15) is 54.0 Å². The predicted octanol–water partition coefficient (Wildman–Crippen LogP) is 3.56. The Labute approximate surface area is 167 Å². The minimum atomic E-state index is -3.55. The molecule has 1 aliphatic carbocycles. The van der Waals surface area contributed by atoms with E-state index in [9.17, 15) is 13.2 Å². The van der Waals surface area contributed by atoms with E-state index in [0.717, 1.165) is 30.4 Å². The van der Waals surface area contributed by atoms with Crippen molar-refractivity contribution < 1.29 is 13.2 Å². The topological polar surface area (TPSA) is 75.3 Å². The smallest absolute Gasteiger partial charge is 0.240 e. The van der Waals surface area contributed by atoms with Gasteiger partial charge in [0.15, 0.2) is 0 Å². The Morgan fingerprint density at radius 3 is 2.68 bits per heavy atom. The van der Waals surface area contributed by atoms with Crippen molar-refractivity contribution >= 4 is 15.9 Å². The maximum Gasteiger partial charge on any atom is 0.240 e. The van der Waals surface area contributed by atoms with Gasteiger partial charge in [-0.3, -0.25) is 4.79 Å². The van der Waals surface area contributed by atoms with Crippen molar-refractivity contribution in [2.24, 2.45) is 0 Å². The molecule has 0 fully saturated rings. The molecule has 0 bridgehead atoms. The third-order valence-corrected chi connectivity index (χ3v) is 6.82. The first kappa shape index (κ1) is 20.6. The van der Waals surface area contributed by atoms with Crippen LogP contribution >= 0.6 is 0 Å². The zero-order chi connectivity index (χ0) is 20.1. The number of hydrogen-bond donors (Lipinski definition) is 2. The second kappa shape index (κ2) is 8.88. The summed E-state index contributed by atoms with van der Waals surface area (Å²) in [5.41, 5.74) is 4.51. The Bertz CT molecular complexity index is 954. The summed E-state index contributed by atoms with van der Waals surface area (Å²) in [6.45, 7) is 4.08. The van der Waals surface area contributed by atoms with Crippen LogP contribution in [0.4, 0.5) is 0 Å². The fraction of sp³-hybridized carbons (Fsp3) is 0.409. The highest BCUT2D eigenvalue weighted by Gasteiger charge is 2.21. The molecular formula is C22H28N2O3S. The number of rotatable bonds is 7. The van der Waals surface area contributed by atoms with Gasteiger partial charge in [0.2, 0.25) is 15.9 Å². The number of sulfonamides is 1. The molecule has 0 saturated carbocycles. The van der Waals surface area contributed by atoms with Crippen molar-refractivity contribution in [2.75, 3.05) is 6.54 Å². The Hall–Kier alpha value is -2.18. The lowest BCUT2D eigenvalue weighted by atomic mass is 9.87. The minimum absolute atomic E-state index is 0.0351. The van der Waals surface area contributed by atoms with E-state index >= 15 is 0 Å². The molecule has 6 heteroatoms. The number of aryl methyl sites for hydroxylation is 3. The van der Waals surface area contributed by atoms with E-state index in [2.05, 4.69) is 22.2 Å². The van der Waals surface area contributed by atoms with Crippen molar-refractivity contribution in [3.8, 4) is 0 Å². The summed E-state index contributed by atoms with van der Waals surface area (Å²) in [7, 11) is -3.55. The van der Waals surface area contributed by atoms with Gasteiger partial charge in [-0.25, -0.2) is 13.1 Å². The number of nitrogens with one attached hydrogen (secondary N) is 2. The molecule has 1 aliphatic rings. The Balaban J connectivity index is 1.48. The van der Waals surface area contributed by atoms with Crippen LogP contribution in [0.15, 0.2) is 47.4 Å². The molecule has 5 nitrogen and oxygen atoms in total. The van der Waals surface area contributed by atoms with Crippen LogP contribution in [0, 0.1) is 13.8 Å². The molecular weight excluding hydrogens is 372 g/mol. The molecule has 150 valence electrons. The fourth-order valence-corrected chi connectivity index (χ4v) is 4.75. The summed E-state index contributed by atoms with van der Waals surface area (Å²) in [4.78, 5) is 12.6. The first-order valence-corrected chi connectivity index (χ1v) is 11.3. The van der Waals surface area contributed by atoms with Crippen molar-refractivity contribution in [3.63, 3.8) is 0 Å². The maximum atomic E-state index is 12.4. The van der Waals surface area contributed by atoms with Gasteiger partial charge < -0.3 is 5.32 Å². The SMILES string of the molecule is Cc1ccc(S(=O)(=O)NCCCC(=O)N[C@H]2CCCc3ccccc32)cc1C. The molecule has 0 saturated heterocycles. The van der Waals surface area contributed by atoms with E-state index in [0.29, 0.717) is 12.8 Å². The predicted molar refractivity (Wildman–Crippen MR) is 111 cm³/mol. The molecule has 2 N–H and O–H groups in total. The van der Waals surface area contributed by atoms with Gasteiger partial charge >= 0.3 is 0 Å². The van der Waals surface area contributed by atoms with Crippen molar-refractivity contribution in [2.45, 2.75) is 56.9 Å². The number of benzene rings is 2. The molecule has 28 heavy (non-hydrogen) atoms. The highest BCUT2D eigenvalue weighted by Crippen LogP contribution is 2.29. The number of carbonyl (C=O) groups excluding carboxylic acids is 1. The van der Waals surface area contributed by atoms with E-state index in [-0.39, 0.29) is 23.4 Å². The van der Waals surface area contributed by atoms with Gasteiger partial charge in [0.1, 0.15) is 0 Å².